The highest BCUT2D eigenvalue weighted by molar-refractivity contribution is 5.90. The van der Waals surface area contributed by atoms with E-state index in [4.69, 9.17) is 14.2 Å². The molecule has 3 atom stereocenters. The van der Waals surface area contributed by atoms with Gasteiger partial charge >= 0.3 is 5.97 Å². The average Bonchev–Trinajstić information content (AvgIpc) is 2.93. The summed E-state index contributed by atoms with van der Waals surface area (Å²) in [5, 5.41) is 39.0. The van der Waals surface area contributed by atoms with E-state index in [0.29, 0.717) is 13.0 Å². The van der Waals surface area contributed by atoms with Crippen LogP contribution in [0.2, 0.25) is 0 Å². The molecule has 0 aromatic heterocycles. The number of aliphatic hydroxyl groups is 4. The van der Waals surface area contributed by atoms with Gasteiger partial charge in [0.2, 0.25) is 11.4 Å². The number of carbonyl (C=O) groups excluding carboxylic acids is 1. The number of carbonyl (C=O) groups is 1. The van der Waals surface area contributed by atoms with Crippen molar-refractivity contribution < 1.29 is 39.4 Å². The van der Waals surface area contributed by atoms with E-state index in [1.54, 1.807) is 0 Å². The minimum absolute atomic E-state index is 0.0227. The summed E-state index contributed by atoms with van der Waals surface area (Å²) in [4.78, 5) is 12.4. The molecule has 27 heavy (non-hydrogen) atoms. The molecule has 1 heterocycles. The summed E-state index contributed by atoms with van der Waals surface area (Å²) in [6, 6.07) is 0. The number of cyclic esters (lactones) is 1. The number of ether oxygens (including phenoxy) is 3. The predicted octanol–water partition coefficient (Wildman–Crippen LogP) is 1.00. The molecular weight excluding hydrogens is 356 g/mol. The maximum atomic E-state index is 12.4. The van der Waals surface area contributed by atoms with E-state index in [1.807, 2.05) is 6.92 Å². The Balaban J connectivity index is 3.11. The van der Waals surface area contributed by atoms with Gasteiger partial charge in [0.05, 0.1) is 32.5 Å². The molecule has 158 valence electrons. The molecule has 0 aromatic carbocycles. The van der Waals surface area contributed by atoms with E-state index < -0.39 is 37.0 Å². The smallest absolute Gasteiger partial charge is 0.378 e. The Morgan fingerprint density at radius 3 is 2.22 bits per heavy atom. The minimum atomic E-state index is -1.79. The first-order valence-electron chi connectivity index (χ1n) is 9.78. The van der Waals surface area contributed by atoms with Crippen LogP contribution in [0.5, 0.6) is 0 Å². The molecule has 0 aliphatic carbocycles. The maximum Gasteiger partial charge on any atom is 0.378 e. The van der Waals surface area contributed by atoms with Gasteiger partial charge in [0, 0.05) is 6.42 Å². The molecule has 0 spiro atoms. The van der Waals surface area contributed by atoms with Gasteiger partial charge in [0.15, 0.2) is 5.76 Å². The van der Waals surface area contributed by atoms with Crippen LogP contribution in [-0.4, -0.2) is 70.6 Å². The van der Waals surface area contributed by atoms with Crippen LogP contribution in [0.4, 0.5) is 0 Å². The molecule has 8 heteroatoms. The molecular formula is C19H34O8. The Labute approximate surface area is 160 Å². The fourth-order valence-corrected chi connectivity index (χ4v) is 2.93. The van der Waals surface area contributed by atoms with Gasteiger partial charge in [-0.05, 0) is 12.8 Å². The summed E-state index contributed by atoms with van der Waals surface area (Å²) >= 11 is 0. The largest absolute Gasteiger partial charge is 0.490 e. The quantitative estimate of drug-likeness (QED) is 0.241. The van der Waals surface area contributed by atoms with Gasteiger partial charge in [-0.25, -0.2) is 4.79 Å². The second-order valence-electron chi connectivity index (χ2n) is 6.79. The van der Waals surface area contributed by atoms with Crippen molar-refractivity contribution in [3.05, 3.63) is 11.5 Å². The lowest BCUT2D eigenvalue weighted by atomic mass is 9.88. The van der Waals surface area contributed by atoms with Crippen LogP contribution in [0.25, 0.3) is 0 Å². The van der Waals surface area contributed by atoms with Crippen molar-refractivity contribution in [3.63, 3.8) is 0 Å². The second kappa shape index (κ2) is 12.2. The standard InChI is InChI=1S/C19H34O8/c1-3-5-7-8-10-25-16-17(26-9-6-4-2)19(15(23)13-21,27-18(16)24)11-14(22)12-20/h14-15,20-23H,3-13H2,1-2H3/t14?,15-,19+/m0/s1. The van der Waals surface area contributed by atoms with Crippen molar-refractivity contribution in [3.8, 4) is 0 Å². The second-order valence-corrected chi connectivity index (χ2v) is 6.79. The molecule has 0 bridgehead atoms. The van der Waals surface area contributed by atoms with Crippen LogP contribution in [0.15, 0.2) is 11.5 Å². The number of rotatable bonds is 15. The fraction of sp³-hybridized carbons (Fsp3) is 0.842. The van der Waals surface area contributed by atoms with Gasteiger partial charge in [-0.15, -0.1) is 0 Å². The molecule has 0 aromatic rings. The third-order valence-electron chi connectivity index (χ3n) is 4.50. The van der Waals surface area contributed by atoms with Crippen molar-refractivity contribution in [2.45, 2.75) is 76.6 Å². The highest BCUT2D eigenvalue weighted by Gasteiger charge is 2.56. The van der Waals surface area contributed by atoms with Crippen molar-refractivity contribution in [2.75, 3.05) is 26.4 Å². The number of unbranched alkanes of at least 4 members (excludes halogenated alkanes) is 4. The summed E-state index contributed by atoms with van der Waals surface area (Å²) in [5.41, 5.74) is -1.79. The van der Waals surface area contributed by atoms with Gasteiger partial charge in [-0.1, -0.05) is 39.5 Å². The molecule has 1 rings (SSSR count). The summed E-state index contributed by atoms with van der Waals surface area (Å²) in [6.45, 7) is 3.32. The molecule has 1 aliphatic rings. The Morgan fingerprint density at radius 1 is 0.963 bits per heavy atom. The van der Waals surface area contributed by atoms with Crippen molar-refractivity contribution in [1.82, 2.24) is 0 Å². The van der Waals surface area contributed by atoms with E-state index in [1.165, 1.54) is 0 Å². The summed E-state index contributed by atoms with van der Waals surface area (Å²) in [7, 11) is 0. The van der Waals surface area contributed by atoms with Gasteiger partial charge in [0.25, 0.3) is 0 Å². The van der Waals surface area contributed by atoms with Gasteiger partial charge in [-0.2, -0.15) is 0 Å². The van der Waals surface area contributed by atoms with E-state index in [0.717, 1.165) is 32.1 Å². The zero-order valence-corrected chi connectivity index (χ0v) is 16.4. The SMILES string of the molecule is CCCCCCOC1=C(OCCCC)[C@@](CC(O)CO)([C@@H](O)CO)OC1=O. The van der Waals surface area contributed by atoms with Crippen LogP contribution in [0.1, 0.15) is 58.8 Å². The molecule has 1 unspecified atom stereocenters. The molecule has 1 aliphatic heterocycles. The number of hydrogen-bond donors (Lipinski definition) is 4. The Hall–Kier alpha value is -1.35. The third-order valence-corrected chi connectivity index (χ3v) is 4.50. The van der Waals surface area contributed by atoms with Crippen LogP contribution in [0, 0.1) is 0 Å². The first kappa shape index (κ1) is 23.7. The predicted molar refractivity (Wildman–Crippen MR) is 97.6 cm³/mol. The molecule has 8 nitrogen and oxygen atoms in total. The van der Waals surface area contributed by atoms with Crippen molar-refractivity contribution in [1.29, 1.82) is 0 Å². The van der Waals surface area contributed by atoms with E-state index in [2.05, 4.69) is 6.92 Å². The normalized spacial score (nSPS) is 21.9. The molecule has 4 N–H and O–H groups in total. The van der Waals surface area contributed by atoms with Crippen LogP contribution in [0.3, 0.4) is 0 Å². The molecule has 0 saturated carbocycles. The first-order valence-corrected chi connectivity index (χ1v) is 9.78. The van der Waals surface area contributed by atoms with Crippen LogP contribution >= 0.6 is 0 Å². The summed E-state index contributed by atoms with van der Waals surface area (Å²) in [6.07, 6.45) is 2.28. The van der Waals surface area contributed by atoms with E-state index in [9.17, 15) is 25.2 Å². The van der Waals surface area contributed by atoms with Crippen molar-refractivity contribution in [2.24, 2.45) is 0 Å². The Morgan fingerprint density at radius 2 is 1.63 bits per heavy atom. The fourth-order valence-electron chi connectivity index (χ4n) is 2.93. The average molecular weight is 390 g/mol. The number of aliphatic hydroxyl groups excluding tert-OH is 4. The van der Waals surface area contributed by atoms with Gasteiger partial charge < -0.3 is 34.6 Å². The van der Waals surface area contributed by atoms with E-state index in [-0.39, 0.29) is 24.5 Å². The number of esters is 1. The zero-order chi connectivity index (χ0) is 20.3. The van der Waals surface area contributed by atoms with Crippen LogP contribution < -0.4 is 0 Å². The lowest BCUT2D eigenvalue weighted by Crippen LogP contribution is -2.50. The van der Waals surface area contributed by atoms with Crippen molar-refractivity contribution >= 4 is 5.97 Å². The van der Waals surface area contributed by atoms with E-state index >= 15 is 0 Å². The lowest BCUT2D eigenvalue weighted by molar-refractivity contribution is -0.171. The maximum absolute atomic E-state index is 12.4. The third kappa shape index (κ3) is 6.34. The molecule has 0 amide bonds. The topological polar surface area (TPSA) is 126 Å². The lowest BCUT2D eigenvalue weighted by Gasteiger charge is -2.34. The number of hydrogen-bond acceptors (Lipinski definition) is 8. The highest BCUT2D eigenvalue weighted by Crippen LogP contribution is 2.41. The Bertz CT molecular complexity index is 478. The molecule has 0 radical (unpaired) electrons. The monoisotopic (exact) mass is 390 g/mol. The van der Waals surface area contributed by atoms with Gasteiger partial charge in [0.1, 0.15) is 6.10 Å². The van der Waals surface area contributed by atoms with Crippen LogP contribution in [-0.2, 0) is 19.0 Å². The summed E-state index contributed by atoms with van der Waals surface area (Å²) in [5.74, 6) is -0.972. The molecule has 0 fully saturated rings. The first-order chi connectivity index (χ1) is 13.0. The van der Waals surface area contributed by atoms with Gasteiger partial charge in [-0.3, -0.25) is 0 Å². The highest BCUT2D eigenvalue weighted by atomic mass is 16.6. The minimum Gasteiger partial charge on any atom is -0.490 e. The zero-order valence-electron chi connectivity index (χ0n) is 16.4. The summed E-state index contributed by atoms with van der Waals surface area (Å²) < 4.78 is 16.7. The molecule has 0 saturated heterocycles. The Kier molecular flexibility index (Phi) is 10.7.